The van der Waals surface area contributed by atoms with Gasteiger partial charge in [0.15, 0.2) is 0 Å². The average molecular weight is 402 g/mol. The van der Waals surface area contributed by atoms with Crippen LogP contribution in [0, 0.1) is 9.49 Å². The number of carbonyl (C=O) groups is 2. The summed E-state index contributed by atoms with van der Waals surface area (Å²) in [5.41, 5.74) is 0.478. The fourth-order valence-electron chi connectivity index (χ4n) is 2.66. The fraction of sp³-hybridized carbons (Fsp3) is 0.467. The van der Waals surface area contributed by atoms with E-state index in [9.17, 15) is 14.7 Å². The molecule has 0 spiro atoms. The van der Waals surface area contributed by atoms with Gasteiger partial charge in [0.05, 0.1) is 11.3 Å². The van der Waals surface area contributed by atoms with E-state index in [0.717, 1.165) is 35.9 Å². The highest BCUT2D eigenvalue weighted by molar-refractivity contribution is 14.1. The predicted octanol–water partition coefficient (Wildman–Crippen LogP) is 3.64. The van der Waals surface area contributed by atoms with Crippen molar-refractivity contribution in [3.8, 4) is 0 Å². The summed E-state index contributed by atoms with van der Waals surface area (Å²) in [6, 6.07) is 4.77. The lowest BCUT2D eigenvalue weighted by molar-refractivity contribution is 0.0698. The zero-order valence-corrected chi connectivity index (χ0v) is 14.1. The molecule has 1 aromatic carbocycles. The Morgan fingerprint density at radius 3 is 2.90 bits per heavy atom. The molecular weight excluding hydrogens is 383 g/mol. The van der Waals surface area contributed by atoms with Crippen molar-refractivity contribution in [1.29, 1.82) is 0 Å². The minimum atomic E-state index is -1.03. The summed E-state index contributed by atoms with van der Waals surface area (Å²) in [5.74, 6) is -0.467. The number of likely N-dealkylation sites (tertiary alicyclic amines) is 1. The van der Waals surface area contributed by atoms with Crippen molar-refractivity contribution in [2.45, 2.75) is 26.2 Å². The highest BCUT2D eigenvalue weighted by atomic mass is 127. The second-order valence-corrected chi connectivity index (χ2v) is 6.56. The first-order valence-corrected chi connectivity index (χ1v) is 8.18. The van der Waals surface area contributed by atoms with E-state index in [2.05, 4.69) is 34.8 Å². The molecule has 2 N–H and O–H groups in total. The van der Waals surface area contributed by atoms with Crippen molar-refractivity contribution >= 4 is 40.3 Å². The Balaban J connectivity index is 2.05. The minimum Gasteiger partial charge on any atom is -0.478 e. The van der Waals surface area contributed by atoms with E-state index in [4.69, 9.17) is 0 Å². The maximum atomic E-state index is 12.2. The smallest absolute Gasteiger partial charge is 0.337 e. The largest absolute Gasteiger partial charge is 0.478 e. The van der Waals surface area contributed by atoms with Crippen LogP contribution in [0.5, 0.6) is 0 Å². The van der Waals surface area contributed by atoms with E-state index in [0.29, 0.717) is 11.6 Å². The Morgan fingerprint density at radius 2 is 2.24 bits per heavy atom. The van der Waals surface area contributed by atoms with Crippen molar-refractivity contribution in [3.63, 3.8) is 0 Å². The van der Waals surface area contributed by atoms with Gasteiger partial charge in [-0.25, -0.2) is 9.59 Å². The molecule has 5 nitrogen and oxygen atoms in total. The zero-order valence-electron chi connectivity index (χ0n) is 11.9. The van der Waals surface area contributed by atoms with E-state index in [-0.39, 0.29) is 11.6 Å². The number of urea groups is 1. The first-order chi connectivity index (χ1) is 10.0. The number of aromatic carboxylic acids is 1. The lowest BCUT2D eigenvalue weighted by Crippen LogP contribution is -2.33. The third-order valence-electron chi connectivity index (χ3n) is 3.72. The Bertz CT molecular complexity index is 548. The molecule has 0 bridgehead atoms. The molecule has 2 amide bonds. The van der Waals surface area contributed by atoms with Crippen molar-refractivity contribution in [2.75, 3.05) is 18.4 Å². The molecule has 1 aliphatic rings. The minimum absolute atomic E-state index is 0.125. The third kappa shape index (κ3) is 4.09. The van der Waals surface area contributed by atoms with Crippen molar-refractivity contribution in [2.24, 2.45) is 5.92 Å². The number of nitrogens with one attached hydrogen (secondary N) is 1. The lowest BCUT2D eigenvalue weighted by Gasteiger charge is -2.18. The molecule has 1 unspecified atom stereocenters. The van der Waals surface area contributed by atoms with Gasteiger partial charge in [-0.15, -0.1) is 0 Å². The second-order valence-electron chi connectivity index (χ2n) is 5.31. The van der Waals surface area contributed by atoms with E-state index in [1.54, 1.807) is 23.1 Å². The number of rotatable bonds is 4. The summed E-state index contributed by atoms with van der Waals surface area (Å²) in [7, 11) is 0. The first-order valence-electron chi connectivity index (χ1n) is 7.10. The number of hydrogen-bond acceptors (Lipinski definition) is 2. The summed E-state index contributed by atoms with van der Waals surface area (Å²) in [6.45, 7) is 3.64. The zero-order chi connectivity index (χ0) is 15.4. The van der Waals surface area contributed by atoms with Gasteiger partial charge in [0.1, 0.15) is 0 Å². The van der Waals surface area contributed by atoms with Gasteiger partial charge < -0.3 is 15.3 Å². The van der Waals surface area contributed by atoms with Crippen LogP contribution in [0.15, 0.2) is 18.2 Å². The number of amides is 2. The van der Waals surface area contributed by atoms with Crippen molar-refractivity contribution in [3.05, 3.63) is 27.3 Å². The van der Waals surface area contributed by atoms with E-state index >= 15 is 0 Å². The van der Waals surface area contributed by atoms with Gasteiger partial charge in [0.25, 0.3) is 0 Å². The molecule has 114 valence electrons. The van der Waals surface area contributed by atoms with Crippen LogP contribution in [0.4, 0.5) is 10.5 Å². The highest BCUT2D eigenvalue weighted by Crippen LogP contribution is 2.23. The number of hydrogen-bond donors (Lipinski definition) is 2. The Hall–Kier alpha value is -1.31. The predicted molar refractivity (Wildman–Crippen MR) is 89.7 cm³/mol. The topological polar surface area (TPSA) is 69.6 Å². The number of anilines is 1. The summed E-state index contributed by atoms with van der Waals surface area (Å²) < 4.78 is 0.826. The maximum absolute atomic E-state index is 12.2. The van der Waals surface area contributed by atoms with Crippen LogP contribution in [0.3, 0.4) is 0 Å². The van der Waals surface area contributed by atoms with Crippen molar-refractivity contribution < 1.29 is 14.7 Å². The van der Waals surface area contributed by atoms with Gasteiger partial charge in [-0.2, -0.15) is 0 Å². The quantitative estimate of drug-likeness (QED) is 0.756. The molecule has 1 aromatic rings. The second kappa shape index (κ2) is 7.11. The molecule has 1 saturated heterocycles. The normalized spacial score (nSPS) is 17.8. The van der Waals surface area contributed by atoms with Crippen LogP contribution in [0.25, 0.3) is 0 Å². The van der Waals surface area contributed by atoms with E-state index in [1.165, 1.54) is 0 Å². The molecule has 1 atom stereocenters. The van der Waals surface area contributed by atoms with Gasteiger partial charge in [-0.3, -0.25) is 0 Å². The van der Waals surface area contributed by atoms with Gasteiger partial charge in [0, 0.05) is 16.7 Å². The number of benzene rings is 1. The molecular formula is C15H19IN2O3. The standard InChI is InChI=1S/C15H19IN2O3/c1-2-3-10-6-7-18(9-10)15(21)17-13-5-4-11(16)8-12(13)14(19)20/h4-5,8,10H,2-3,6-7,9H2,1H3,(H,17,21)(H,19,20). The van der Waals surface area contributed by atoms with Gasteiger partial charge in [0.2, 0.25) is 0 Å². The van der Waals surface area contributed by atoms with E-state index < -0.39 is 5.97 Å². The fourth-order valence-corrected chi connectivity index (χ4v) is 3.15. The maximum Gasteiger partial charge on any atom is 0.337 e. The third-order valence-corrected chi connectivity index (χ3v) is 4.39. The van der Waals surface area contributed by atoms with Gasteiger partial charge >= 0.3 is 12.0 Å². The molecule has 6 heteroatoms. The van der Waals surface area contributed by atoms with Crippen LogP contribution >= 0.6 is 22.6 Å². The van der Waals surface area contributed by atoms with Crippen LogP contribution in [-0.2, 0) is 0 Å². The van der Waals surface area contributed by atoms with E-state index in [1.807, 2.05) is 0 Å². The van der Waals surface area contributed by atoms with Gasteiger partial charge in [-0.1, -0.05) is 13.3 Å². The molecule has 21 heavy (non-hydrogen) atoms. The molecule has 0 radical (unpaired) electrons. The molecule has 0 saturated carbocycles. The highest BCUT2D eigenvalue weighted by Gasteiger charge is 2.26. The first kappa shape index (κ1) is 16.1. The summed E-state index contributed by atoms with van der Waals surface area (Å²) >= 11 is 2.05. The number of nitrogens with zero attached hydrogens (tertiary/aromatic N) is 1. The molecule has 2 rings (SSSR count). The monoisotopic (exact) mass is 402 g/mol. The number of carboxylic acids is 1. The number of carboxylic acid groups (broad SMARTS) is 1. The number of halogens is 1. The summed E-state index contributed by atoms with van der Waals surface area (Å²) in [5, 5.41) is 11.9. The molecule has 1 aliphatic heterocycles. The van der Waals surface area contributed by atoms with Crippen molar-refractivity contribution in [1.82, 2.24) is 4.90 Å². The molecule has 1 heterocycles. The molecule has 0 aromatic heterocycles. The Labute approximate surface area is 137 Å². The van der Waals surface area contributed by atoms with Gasteiger partial charge in [-0.05, 0) is 59.5 Å². The molecule has 1 fully saturated rings. The Kier molecular flexibility index (Phi) is 5.44. The lowest BCUT2D eigenvalue weighted by atomic mass is 10.0. The number of carbonyl (C=O) groups excluding carboxylic acids is 1. The molecule has 0 aliphatic carbocycles. The summed E-state index contributed by atoms with van der Waals surface area (Å²) in [4.78, 5) is 25.3. The average Bonchev–Trinajstić information content (AvgIpc) is 2.89. The SMILES string of the molecule is CCCC1CCN(C(=O)Nc2ccc(I)cc2C(=O)O)C1. The van der Waals surface area contributed by atoms with Crippen LogP contribution in [0.2, 0.25) is 0 Å². The Morgan fingerprint density at radius 1 is 1.48 bits per heavy atom. The van der Waals surface area contributed by atoms with Crippen LogP contribution < -0.4 is 5.32 Å². The summed E-state index contributed by atoms with van der Waals surface area (Å²) in [6.07, 6.45) is 3.29. The van der Waals surface area contributed by atoms with Crippen LogP contribution in [-0.4, -0.2) is 35.1 Å². The van der Waals surface area contributed by atoms with Crippen LogP contribution in [0.1, 0.15) is 36.5 Å².